The molecule has 2 rings (SSSR count). The van der Waals surface area contributed by atoms with Crippen LogP contribution in [0.25, 0.3) is 10.9 Å². The van der Waals surface area contributed by atoms with Crippen molar-refractivity contribution >= 4 is 29.1 Å². The Morgan fingerprint density at radius 3 is 2.27 bits per heavy atom. The zero-order valence-corrected chi connectivity index (χ0v) is 14.0. The van der Waals surface area contributed by atoms with Gasteiger partial charge in [0.05, 0.1) is 19.7 Å². The largest absolute Gasteiger partial charge is 0.493 e. The van der Waals surface area contributed by atoms with E-state index in [1.54, 1.807) is 33.4 Å². The number of fused-ring (bicyclic) bond motifs is 1. The number of benzene rings is 1. The molecule has 8 heteroatoms. The van der Waals surface area contributed by atoms with Crippen molar-refractivity contribution in [3.63, 3.8) is 0 Å². The van der Waals surface area contributed by atoms with E-state index in [1.807, 2.05) is 6.92 Å². The topological polar surface area (TPSA) is 108 Å². The molecule has 0 aliphatic rings. The van der Waals surface area contributed by atoms with E-state index in [0.717, 1.165) is 0 Å². The molecule has 0 bridgehead atoms. The van der Waals surface area contributed by atoms with Gasteiger partial charge >= 0.3 is 0 Å². The minimum absolute atomic E-state index is 0. The molecule has 7 nitrogen and oxygen atoms in total. The summed E-state index contributed by atoms with van der Waals surface area (Å²) in [7, 11) is 4.90. The Labute approximate surface area is 135 Å². The van der Waals surface area contributed by atoms with E-state index < -0.39 is 5.66 Å². The fraction of sp³-hybridized carbons (Fsp3) is 0.429. The molecule has 1 aromatic carbocycles. The van der Waals surface area contributed by atoms with Crippen molar-refractivity contribution in [3.05, 3.63) is 18.0 Å². The molecule has 0 amide bonds. The molecule has 1 unspecified atom stereocenters. The lowest BCUT2D eigenvalue weighted by Gasteiger charge is -2.26. The van der Waals surface area contributed by atoms with Gasteiger partial charge in [0.2, 0.25) is 0 Å². The number of methoxy groups -OCH3 is 2. The van der Waals surface area contributed by atoms with Gasteiger partial charge in [-0.05, 0) is 19.5 Å². The van der Waals surface area contributed by atoms with E-state index in [1.165, 1.54) is 0 Å². The second kappa shape index (κ2) is 6.95. The van der Waals surface area contributed by atoms with Crippen LogP contribution >= 0.6 is 12.4 Å². The van der Waals surface area contributed by atoms with Crippen molar-refractivity contribution in [3.8, 4) is 11.5 Å². The third-order valence-corrected chi connectivity index (χ3v) is 3.63. The fourth-order valence-corrected chi connectivity index (χ4v) is 2.13. The average Bonchev–Trinajstić information content (AvgIpc) is 2.52. The molecule has 0 radical (unpaired) electrons. The Kier molecular flexibility index (Phi) is 5.76. The molecule has 5 N–H and O–H groups in total. The number of rotatable bonds is 5. The van der Waals surface area contributed by atoms with Gasteiger partial charge in [-0.3, -0.25) is 5.32 Å². The van der Waals surface area contributed by atoms with Crippen molar-refractivity contribution in [2.75, 3.05) is 27.0 Å². The molecule has 1 atom stereocenters. The zero-order valence-electron chi connectivity index (χ0n) is 13.1. The summed E-state index contributed by atoms with van der Waals surface area (Å²) in [5, 5.41) is 3.73. The maximum atomic E-state index is 6.26. The molecule has 22 heavy (non-hydrogen) atoms. The van der Waals surface area contributed by atoms with E-state index in [0.29, 0.717) is 40.5 Å². The van der Waals surface area contributed by atoms with Crippen LogP contribution in [0.2, 0.25) is 0 Å². The zero-order chi connectivity index (χ0) is 15.6. The van der Waals surface area contributed by atoms with Crippen molar-refractivity contribution in [1.82, 2.24) is 15.3 Å². The monoisotopic (exact) mass is 327 g/mol. The van der Waals surface area contributed by atoms with Crippen LogP contribution in [0.1, 0.15) is 19.2 Å². The standard InChI is InChI=1S/C14H21N5O2.ClH/c1-5-14(16,17-2)13-18-9-7-11(21-4)10(20-3)6-8(9)12(15)19-13;/h6-7,17H,5,16H2,1-4H3,(H2,15,18,19);1H. The normalized spacial score (nSPS) is 13.3. The highest BCUT2D eigenvalue weighted by Gasteiger charge is 2.27. The van der Waals surface area contributed by atoms with Gasteiger partial charge in [-0.1, -0.05) is 6.92 Å². The third-order valence-electron chi connectivity index (χ3n) is 3.63. The van der Waals surface area contributed by atoms with Gasteiger partial charge in [-0.15, -0.1) is 12.4 Å². The maximum Gasteiger partial charge on any atom is 0.165 e. The van der Waals surface area contributed by atoms with E-state index in [4.69, 9.17) is 20.9 Å². The van der Waals surface area contributed by atoms with Gasteiger partial charge in [0.15, 0.2) is 17.3 Å². The molecule has 0 saturated heterocycles. The minimum Gasteiger partial charge on any atom is -0.493 e. The van der Waals surface area contributed by atoms with Crippen molar-refractivity contribution < 1.29 is 9.47 Å². The molecule has 1 heterocycles. The van der Waals surface area contributed by atoms with Crippen LogP contribution in [0.4, 0.5) is 5.82 Å². The molecular weight excluding hydrogens is 306 g/mol. The van der Waals surface area contributed by atoms with Crippen LogP contribution in [0.3, 0.4) is 0 Å². The van der Waals surface area contributed by atoms with Crippen molar-refractivity contribution in [2.24, 2.45) is 5.73 Å². The summed E-state index contributed by atoms with van der Waals surface area (Å²) in [6.07, 6.45) is 0.627. The lowest BCUT2D eigenvalue weighted by Crippen LogP contribution is -2.49. The first-order valence-corrected chi connectivity index (χ1v) is 6.66. The number of nitrogens with zero attached hydrogens (tertiary/aromatic N) is 2. The second-order valence-electron chi connectivity index (χ2n) is 4.73. The highest BCUT2D eigenvalue weighted by Crippen LogP contribution is 2.33. The van der Waals surface area contributed by atoms with E-state index in [-0.39, 0.29) is 12.4 Å². The summed E-state index contributed by atoms with van der Waals surface area (Å²) in [4.78, 5) is 8.85. The maximum absolute atomic E-state index is 6.26. The Hall–Kier alpha value is -1.83. The number of anilines is 1. The second-order valence-corrected chi connectivity index (χ2v) is 4.73. The van der Waals surface area contributed by atoms with Crippen LogP contribution in [-0.2, 0) is 5.66 Å². The average molecular weight is 328 g/mol. The Morgan fingerprint density at radius 1 is 1.18 bits per heavy atom. The Balaban J connectivity index is 0.00000242. The quantitative estimate of drug-likeness (QED) is 0.712. The lowest BCUT2D eigenvalue weighted by atomic mass is 10.1. The highest BCUT2D eigenvalue weighted by molar-refractivity contribution is 5.90. The number of aromatic nitrogens is 2. The minimum atomic E-state index is -0.824. The smallest absolute Gasteiger partial charge is 0.165 e. The number of hydrogen-bond acceptors (Lipinski definition) is 7. The van der Waals surface area contributed by atoms with Crippen LogP contribution < -0.4 is 26.3 Å². The molecule has 2 aromatic rings. The number of nitrogens with two attached hydrogens (primary N) is 2. The van der Waals surface area contributed by atoms with Gasteiger partial charge < -0.3 is 20.9 Å². The summed E-state index contributed by atoms with van der Waals surface area (Å²) >= 11 is 0. The van der Waals surface area contributed by atoms with Gasteiger partial charge in [0, 0.05) is 11.5 Å². The van der Waals surface area contributed by atoms with Crippen LogP contribution in [0.5, 0.6) is 11.5 Å². The van der Waals surface area contributed by atoms with E-state index in [9.17, 15) is 0 Å². The highest BCUT2D eigenvalue weighted by atomic mass is 35.5. The van der Waals surface area contributed by atoms with Gasteiger partial charge in [0.1, 0.15) is 11.5 Å². The van der Waals surface area contributed by atoms with Gasteiger partial charge in [-0.2, -0.15) is 0 Å². The van der Waals surface area contributed by atoms with Crippen LogP contribution in [0, 0.1) is 0 Å². The van der Waals surface area contributed by atoms with Gasteiger partial charge in [0.25, 0.3) is 0 Å². The summed E-state index contributed by atoms with van der Waals surface area (Å²) in [5.41, 5.74) is 12.1. The number of nitrogens with one attached hydrogen (secondary N) is 1. The predicted octanol–water partition coefficient (Wildman–Crippen LogP) is 1.39. The SMILES string of the molecule is CCC(N)(NC)c1nc(N)c2cc(OC)c(OC)cc2n1.Cl. The van der Waals surface area contributed by atoms with Crippen molar-refractivity contribution in [1.29, 1.82) is 0 Å². The number of nitrogen functional groups attached to an aromatic ring is 1. The summed E-state index contributed by atoms with van der Waals surface area (Å²) < 4.78 is 10.6. The Bertz CT molecular complexity index is 661. The Morgan fingerprint density at radius 2 is 1.77 bits per heavy atom. The first kappa shape index (κ1) is 18.2. The van der Waals surface area contributed by atoms with E-state index >= 15 is 0 Å². The first-order valence-electron chi connectivity index (χ1n) is 6.66. The molecule has 0 aliphatic heterocycles. The molecule has 0 spiro atoms. The summed E-state index contributed by atoms with van der Waals surface area (Å²) in [6.45, 7) is 1.95. The molecule has 122 valence electrons. The number of ether oxygens (including phenoxy) is 2. The number of halogens is 1. The fourth-order valence-electron chi connectivity index (χ4n) is 2.13. The van der Waals surface area contributed by atoms with E-state index in [2.05, 4.69) is 15.3 Å². The molecule has 0 fully saturated rings. The predicted molar refractivity (Wildman–Crippen MR) is 89.5 cm³/mol. The van der Waals surface area contributed by atoms with Crippen LogP contribution in [-0.4, -0.2) is 31.2 Å². The van der Waals surface area contributed by atoms with Gasteiger partial charge in [-0.25, -0.2) is 9.97 Å². The number of hydrogen-bond donors (Lipinski definition) is 3. The third kappa shape index (κ3) is 3.01. The van der Waals surface area contributed by atoms with Crippen LogP contribution in [0.15, 0.2) is 12.1 Å². The summed E-state index contributed by atoms with van der Waals surface area (Å²) in [5.74, 6) is 1.97. The molecule has 1 aromatic heterocycles. The van der Waals surface area contributed by atoms with Crippen molar-refractivity contribution in [2.45, 2.75) is 19.0 Å². The molecule has 0 aliphatic carbocycles. The molecular formula is C14H22ClN5O2. The summed E-state index contributed by atoms with van der Waals surface area (Å²) in [6, 6.07) is 3.53. The first-order chi connectivity index (χ1) is 9.98. The lowest BCUT2D eigenvalue weighted by molar-refractivity contribution is 0.341. The molecule has 0 saturated carbocycles.